The summed E-state index contributed by atoms with van der Waals surface area (Å²) < 4.78 is 0. The van der Waals surface area contributed by atoms with E-state index in [2.05, 4.69) is 39.8 Å². The second-order valence-corrected chi connectivity index (χ2v) is 6.52. The molecule has 0 aliphatic rings. The van der Waals surface area contributed by atoms with E-state index in [4.69, 9.17) is 5.73 Å². The fraction of sp³-hybridized carbons (Fsp3) is 0.625. The largest absolute Gasteiger partial charge is 0.395 e. The monoisotopic (exact) mass is 249 g/mol. The van der Waals surface area contributed by atoms with E-state index in [1.807, 2.05) is 12.1 Å². The lowest BCUT2D eigenvalue weighted by atomic mass is 9.72. The standard InChI is InChI=1S/C16H27NO/c1-13-7-5-6-8-14(13)16(11-17,12-18)10-9-15(2,3)4/h5-8,18H,9-12,17H2,1-4H3. The van der Waals surface area contributed by atoms with Gasteiger partial charge >= 0.3 is 0 Å². The molecule has 2 heteroatoms. The third-order valence-electron chi connectivity index (χ3n) is 3.76. The molecule has 1 aromatic carbocycles. The van der Waals surface area contributed by atoms with Crippen molar-refractivity contribution < 1.29 is 5.11 Å². The Labute approximate surface area is 111 Å². The second kappa shape index (κ2) is 5.85. The molecule has 0 aliphatic carbocycles. The summed E-state index contributed by atoms with van der Waals surface area (Å²) in [6.45, 7) is 9.37. The Morgan fingerprint density at radius 1 is 1.11 bits per heavy atom. The lowest BCUT2D eigenvalue weighted by molar-refractivity contribution is 0.170. The minimum absolute atomic E-state index is 0.116. The first-order valence-electron chi connectivity index (χ1n) is 6.72. The number of hydrogen-bond acceptors (Lipinski definition) is 2. The van der Waals surface area contributed by atoms with Crippen molar-refractivity contribution in [3.63, 3.8) is 0 Å². The Balaban J connectivity index is 3.04. The quantitative estimate of drug-likeness (QED) is 0.842. The summed E-state index contributed by atoms with van der Waals surface area (Å²) in [5, 5.41) is 9.87. The van der Waals surface area contributed by atoms with Crippen LogP contribution in [0.5, 0.6) is 0 Å². The Kier molecular flexibility index (Phi) is 4.94. The molecule has 2 nitrogen and oxygen atoms in total. The number of hydrogen-bond donors (Lipinski definition) is 2. The van der Waals surface area contributed by atoms with Crippen molar-refractivity contribution in [1.82, 2.24) is 0 Å². The maximum absolute atomic E-state index is 9.87. The van der Waals surface area contributed by atoms with Gasteiger partial charge in [0, 0.05) is 12.0 Å². The Morgan fingerprint density at radius 3 is 2.17 bits per heavy atom. The number of rotatable bonds is 5. The molecule has 1 unspecified atom stereocenters. The van der Waals surface area contributed by atoms with Gasteiger partial charge in [0.05, 0.1) is 6.61 Å². The first-order valence-corrected chi connectivity index (χ1v) is 6.72. The molecule has 3 N–H and O–H groups in total. The molecule has 102 valence electrons. The summed E-state index contributed by atoms with van der Waals surface area (Å²) in [6.07, 6.45) is 1.98. The van der Waals surface area contributed by atoms with Crippen LogP contribution in [0, 0.1) is 12.3 Å². The van der Waals surface area contributed by atoms with Crippen molar-refractivity contribution in [3.8, 4) is 0 Å². The SMILES string of the molecule is Cc1ccccc1C(CN)(CO)CCC(C)(C)C. The normalized spacial score (nSPS) is 15.4. The van der Waals surface area contributed by atoms with Gasteiger partial charge in [-0.05, 0) is 36.3 Å². The average Bonchev–Trinajstić information content (AvgIpc) is 2.31. The van der Waals surface area contributed by atoms with Crippen molar-refractivity contribution in [2.24, 2.45) is 11.1 Å². The minimum Gasteiger partial charge on any atom is -0.395 e. The van der Waals surface area contributed by atoms with Crippen LogP contribution in [0.3, 0.4) is 0 Å². The van der Waals surface area contributed by atoms with Crippen molar-refractivity contribution in [3.05, 3.63) is 35.4 Å². The molecule has 0 heterocycles. The molecule has 0 aliphatic heterocycles. The van der Waals surface area contributed by atoms with E-state index in [1.165, 1.54) is 11.1 Å². The average molecular weight is 249 g/mol. The summed E-state index contributed by atoms with van der Waals surface area (Å²) in [5.41, 5.74) is 8.37. The van der Waals surface area contributed by atoms with Crippen molar-refractivity contribution >= 4 is 0 Å². The van der Waals surface area contributed by atoms with Gasteiger partial charge < -0.3 is 10.8 Å². The van der Waals surface area contributed by atoms with Crippen LogP contribution in [0.1, 0.15) is 44.7 Å². The molecule has 0 fully saturated rings. The van der Waals surface area contributed by atoms with E-state index >= 15 is 0 Å². The van der Waals surface area contributed by atoms with E-state index in [0.717, 1.165) is 12.8 Å². The number of nitrogens with two attached hydrogens (primary N) is 1. The maximum atomic E-state index is 9.87. The molecule has 0 bridgehead atoms. The van der Waals surface area contributed by atoms with Gasteiger partial charge in [0.1, 0.15) is 0 Å². The van der Waals surface area contributed by atoms with E-state index in [-0.39, 0.29) is 17.4 Å². The van der Waals surface area contributed by atoms with Crippen LogP contribution in [-0.2, 0) is 5.41 Å². The number of aliphatic hydroxyl groups excluding tert-OH is 1. The van der Waals surface area contributed by atoms with Gasteiger partial charge in [-0.15, -0.1) is 0 Å². The molecule has 1 rings (SSSR count). The number of benzene rings is 1. The van der Waals surface area contributed by atoms with E-state index in [0.29, 0.717) is 6.54 Å². The zero-order valence-electron chi connectivity index (χ0n) is 12.2. The zero-order chi connectivity index (χ0) is 13.8. The van der Waals surface area contributed by atoms with Crippen molar-refractivity contribution in [2.75, 3.05) is 13.2 Å². The summed E-state index contributed by atoms with van der Waals surface area (Å²) in [4.78, 5) is 0. The van der Waals surface area contributed by atoms with E-state index < -0.39 is 0 Å². The van der Waals surface area contributed by atoms with Crippen LogP contribution < -0.4 is 5.73 Å². The first kappa shape index (κ1) is 15.2. The Hall–Kier alpha value is -0.860. The highest BCUT2D eigenvalue weighted by molar-refractivity contribution is 5.34. The van der Waals surface area contributed by atoms with E-state index in [9.17, 15) is 5.11 Å². The summed E-state index contributed by atoms with van der Waals surface area (Å²) >= 11 is 0. The lowest BCUT2D eigenvalue weighted by Crippen LogP contribution is -2.40. The third-order valence-corrected chi connectivity index (χ3v) is 3.76. The van der Waals surface area contributed by atoms with Crippen LogP contribution in [0.15, 0.2) is 24.3 Å². The summed E-state index contributed by atoms with van der Waals surface area (Å²) in [5.74, 6) is 0. The predicted octanol–water partition coefficient (Wildman–Crippen LogP) is 3.01. The highest BCUT2D eigenvalue weighted by Crippen LogP contribution is 2.34. The van der Waals surface area contributed by atoms with Crippen LogP contribution in [0.4, 0.5) is 0 Å². The lowest BCUT2D eigenvalue weighted by Gasteiger charge is -2.35. The number of aryl methyl sites for hydroxylation is 1. The molecule has 18 heavy (non-hydrogen) atoms. The predicted molar refractivity (Wildman–Crippen MR) is 77.7 cm³/mol. The number of aliphatic hydroxyl groups is 1. The smallest absolute Gasteiger partial charge is 0.0540 e. The van der Waals surface area contributed by atoms with Gasteiger partial charge in [0.2, 0.25) is 0 Å². The molecular formula is C16H27NO. The summed E-state index contributed by atoms with van der Waals surface area (Å²) in [7, 11) is 0. The minimum atomic E-state index is -0.293. The van der Waals surface area contributed by atoms with Crippen LogP contribution >= 0.6 is 0 Å². The van der Waals surface area contributed by atoms with Gasteiger partial charge in [0.25, 0.3) is 0 Å². The van der Waals surface area contributed by atoms with Gasteiger partial charge in [-0.3, -0.25) is 0 Å². The third kappa shape index (κ3) is 3.56. The zero-order valence-corrected chi connectivity index (χ0v) is 12.2. The molecule has 0 aromatic heterocycles. The molecule has 0 spiro atoms. The molecule has 0 amide bonds. The van der Waals surface area contributed by atoms with Gasteiger partial charge in [-0.1, -0.05) is 45.0 Å². The molecule has 1 aromatic rings. The highest BCUT2D eigenvalue weighted by Gasteiger charge is 2.32. The van der Waals surface area contributed by atoms with Crippen LogP contribution in [0.25, 0.3) is 0 Å². The molecular weight excluding hydrogens is 222 g/mol. The fourth-order valence-corrected chi connectivity index (χ4v) is 2.36. The van der Waals surface area contributed by atoms with Gasteiger partial charge in [-0.25, -0.2) is 0 Å². The fourth-order valence-electron chi connectivity index (χ4n) is 2.36. The van der Waals surface area contributed by atoms with Gasteiger partial charge in [0.15, 0.2) is 0 Å². The Bertz CT molecular complexity index is 375. The first-order chi connectivity index (χ1) is 8.34. The van der Waals surface area contributed by atoms with Crippen LogP contribution in [-0.4, -0.2) is 18.3 Å². The van der Waals surface area contributed by atoms with Crippen LogP contribution in [0.2, 0.25) is 0 Å². The van der Waals surface area contributed by atoms with E-state index in [1.54, 1.807) is 0 Å². The summed E-state index contributed by atoms with van der Waals surface area (Å²) in [6, 6.07) is 8.24. The molecule has 1 atom stereocenters. The molecule has 0 radical (unpaired) electrons. The van der Waals surface area contributed by atoms with Crippen molar-refractivity contribution in [1.29, 1.82) is 0 Å². The van der Waals surface area contributed by atoms with Crippen molar-refractivity contribution in [2.45, 2.75) is 46.0 Å². The molecule has 0 saturated heterocycles. The maximum Gasteiger partial charge on any atom is 0.0540 e. The topological polar surface area (TPSA) is 46.2 Å². The van der Waals surface area contributed by atoms with Gasteiger partial charge in [-0.2, -0.15) is 0 Å². The highest BCUT2D eigenvalue weighted by atomic mass is 16.3. The molecule has 0 saturated carbocycles. The Morgan fingerprint density at radius 2 is 1.72 bits per heavy atom. The second-order valence-electron chi connectivity index (χ2n) is 6.52.